The average Bonchev–Trinajstić information content (AvgIpc) is 2.72. The van der Waals surface area contributed by atoms with Crippen molar-refractivity contribution in [3.63, 3.8) is 0 Å². The van der Waals surface area contributed by atoms with Crippen LogP contribution in [-0.4, -0.2) is 29.4 Å². The summed E-state index contributed by atoms with van der Waals surface area (Å²) in [6.07, 6.45) is 2.94. The summed E-state index contributed by atoms with van der Waals surface area (Å²) < 4.78 is 0. The van der Waals surface area contributed by atoms with Gasteiger partial charge in [-0.1, -0.05) is 45.0 Å². The Labute approximate surface area is 127 Å². The van der Waals surface area contributed by atoms with Crippen LogP contribution in [0.4, 0.5) is 0 Å². The van der Waals surface area contributed by atoms with Gasteiger partial charge in [-0.25, -0.2) is 0 Å². The van der Waals surface area contributed by atoms with Crippen molar-refractivity contribution >= 4 is 5.91 Å². The molecule has 2 heterocycles. The van der Waals surface area contributed by atoms with E-state index in [1.165, 1.54) is 11.1 Å². The van der Waals surface area contributed by atoms with Crippen molar-refractivity contribution < 1.29 is 4.79 Å². The van der Waals surface area contributed by atoms with E-state index in [9.17, 15) is 4.79 Å². The number of carbonyl (C=O) groups is 1. The van der Waals surface area contributed by atoms with Gasteiger partial charge in [-0.3, -0.25) is 9.69 Å². The molecule has 1 aromatic carbocycles. The highest BCUT2D eigenvalue weighted by atomic mass is 16.2. The highest BCUT2D eigenvalue weighted by Gasteiger charge is 2.49. The highest BCUT2D eigenvalue weighted by Crippen LogP contribution is 2.37. The van der Waals surface area contributed by atoms with Crippen LogP contribution in [-0.2, 0) is 17.8 Å². The van der Waals surface area contributed by atoms with Crippen molar-refractivity contribution in [2.75, 3.05) is 13.1 Å². The van der Waals surface area contributed by atoms with Gasteiger partial charge in [0.15, 0.2) is 0 Å². The van der Waals surface area contributed by atoms with Crippen molar-refractivity contribution in [1.82, 2.24) is 10.2 Å². The number of amides is 1. The third-order valence-electron chi connectivity index (χ3n) is 4.75. The Hall–Kier alpha value is -1.35. The summed E-state index contributed by atoms with van der Waals surface area (Å²) in [7, 11) is 0. The fourth-order valence-electron chi connectivity index (χ4n) is 3.83. The molecule has 1 fully saturated rings. The van der Waals surface area contributed by atoms with Gasteiger partial charge in [0.05, 0.1) is 0 Å². The minimum atomic E-state index is -0.333. The molecule has 1 amide bonds. The topological polar surface area (TPSA) is 32.3 Å². The number of benzene rings is 1. The van der Waals surface area contributed by atoms with Gasteiger partial charge in [0, 0.05) is 19.5 Å². The van der Waals surface area contributed by atoms with Crippen LogP contribution in [0.15, 0.2) is 24.3 Å². The Kier molecular flexibility index (Phi) is 3.56. The van der Waals surface area contributed by atoms with Gasteiger partial charge >= 0.3 is 0 Å². The Morgan fingerprint density at radius 3 is 2.67 bits per heavy atom. The van der Waals surface area contributed by atoms with E-state index in [1.807, 2.05) is 0 Å². The third kappa shape index (κ3) is 2.71. The van der Waals surface area contributed by atoms with E-state index in [1.54, 1.807) is 0 Å². The predicted octanol–water partition coefficient (Wildman–Crippen LogP) is 2.74. The van der Waals surface area contributed by atoms with E-state index in [4.69, 9.17) is 0 Å². The molecule has 1 saturated heterocycles. The van der Waals surface area contributed by atoms with Gasteiger partial charge in [0.2, 0.25) is 5.91 Å². The van der Waals surface area contributed by atoms with Crippen molar-refractivity contribution in [1.29, 1.82) is 0 Å². The maximum Gasteiger partial charge on any atom is 0.241 e. The maximum atomic E-state index is 12.9. The number of hydrogen-bond donors (Lipinski definition) is 1. The molecule has 3 heteroatoms. The van der Waals surface area contributed by atoms with Gasteiger partial charge in [0.25, 0.3) is 0 Å². The van der Waals surface area contributed by atoms with Crippen LogP contribution in [0.25, 0.3) is 0 Å². The van der Waals surface area contributed by atoms with Gasteiger partial charge in [-0.15, -0.1) is 0 Å². The second kappa shape index (κ2) is 5.13. The Morgan fingerprint density at radius 1 is 1.24 bits per heavy atom. The SMILES string of the molecule is CC(C)(C)CN1CCCC12Cc1ccccc1CNC2=O. The Balaban J connectivity index is 1.96. The van der Waals surface area contributed by atoms with Crippen LogP contribution < -0.4 is 5.32 Å². The maximum absolute atomic E-state index is 12.9. The first-order valence-electron chi connectivity index (χ1n) is 8.01. The van der Waals surface area contributed by atoms with Gasteiger partial charge < -0.3 is 5.32 Å². The number of fused-ring (bicyclic) bond motifs is 1. The van der Waals surface area contributed by atoms with E-state index >= 15 is 0 Å². The summed E-state index contributed by atoms with van der Waals surface area (Å²) in [5.74, 6) is 0.223. The second-order valence-electron chi connectivity index (χ2n) is 7.75. The first-order chi connectivity index (χ1) is 9.91. The number of rotatable bonds is 1. The standard InChI is InChI=1S/C18H26N2O/c1-17(2,3)13-20-10-6-9-18(20)11-14-7-4-5-8-15(14)12-19-16(18)21/h4-5,7-8H,6,9-13H2,1-3H3,(H,19,21). The molecule has 1 atom stereocenters. The predicted molar refractivity (Wildman–Crippen MR) is 85.0 cm³/mol. The first kappa shape index (κ1) is 14.6. The molecule has 0 saturated carbocycles. The molecule has 3 rings (SSSR count). The molecule has 114 valence electrons. The van der Waals surface area contributed by atoms with Crippen LogP contribution in [0, 0.1) is 5.41 Å². The summed E-state index contributed by atoms with van der Waals surface area (Å²) >= 11 is 0. The molecule has 3 nitrogen and oxygen atoms in total. The van der Waals surface area contributed by atoms with Crippen LogP contribution in [0.2, 0.25) is 0 Å². The minimum absolute atomic E-state index is 0.212. The van der Waals surface area contributed by atoms with E-state index < -0.39 is 0 Å². The van der Waals surface area contributed by atoms with E-state index in [0.717, 1.165) is 32.4 Å². The fourth-order valence-corrected chi connectivity index (χ4v) is 3.83. The van der Waals surface area contributed by atoms with Gasteiger partial charge in [-0.05, 0) is 35.9 Å². The van der Waals surface area contributed by atoms with Crippen molar-refractivity contribution in [2.45, 2.75) is 52.1 Å². The second-order valence-corrected chi connectivity index (χ2v) is 7.75. The smallest absolute Gasteiger partial charge is 0.241 e. The average molecular weight is 286 g/mol. The molecule has 0 radical (unpaired) electrons. The molecule has 1 N–H and O–H groups in total. The quantitative estimate of drug-likeness (QED) is 0.861. The van der Waals surface area contributed by atoms with Crippen LogP contribution >= 0.6 is 0 Å². The zero-order valence-electron chi connectivity index (χ0n) is 13.4. The number of likely N-dealkylation sites (tertiary alicyclic amines) is 1. The van der Waals surface area contributed by atoms with Crippen molar-refractivity contribution in [2.24, 2.45) is 5.41 Å². The summed E-state index contributed by atoms with van der Waals surface area (Å²) in [6.45, 7) is 9.43. The largest absolute Gasteiger partial charge is 0.350 e. The van der Waals surface area contributed by atoms with Crippen molar-refractivity contribution in [3.8, 4) is 0 Å². The summed E-state index contributed by atoms with van der Waals surface area (Å²) in [5, 5.41) is 3.17. The van der Waals surface area contributed by atoms with E-state index in [0.29, 0.717) is 6.54 Å². The molecular weight excluding hydrogens is 260 g/mol. The monoisotopic (exact) mass is 286 g/mol. The molecule has 0 aliphatic carbocycles. The Bertz CT molecular complexity index is 546. The zero-order chi connectivity index (χ0) is 15.1. The molecular formula is C18H26N2O. The molecule has 21 heavy (non-hydrogen) atoms. The van der Waals surface area contributed by atoms with Crippen LogP contribution in [0.3, 0.4) is 0 Å². The molecule has 1 spiro atoms. The van der Waals surface area contributed by atoms with E-state index in [2.05, 4.69) is 55.3 Å². The van der Waals surface area contributed by atoms with E-state index in [-0.39, 0.29) is 16.9 Å². The summed E-state index contributed by atoms with van der Waals surface area (Å²) in [4.78, 5) is 15.3. The van der Waals surface area contributed by atoms with Gasteiger partial charge in [0.1, 0.15) is 5.54 Å². The number of hydrogen-bond acceptors (Lipinski definition) is 2. The first-order valence-corrected chi connectivity index (χ1v) is 8.01. The normalized spacial score (nSPS) is 26.5. The molecule has 2 aliphatic rings. The third-order valence-corrected chi connectivity index (χ3v) is 4.75. The lowest BCUT2D eigenvalue weighted by atomic mass is 9.85. The van der Waals surface area contributed by atoms with Gasteiger partial charge in [-0.2, -0.15) is 0 Å². The zero-order valence-corrected chi connectivity index (χ0v) is 13.4. The molecule has 0 bridgehead atoms. The lowest BCUT2D eigenvalue weighted by Crippen LogP contribution is -2.57. The number of carbonyl (C=O) groups excluding carboxylic acids is 1. The number of nitrogens with one attached hydrogen (secondary N) is 1. The number of nitrogens with zero attached hydrogens (tertiary/aromatic N) is 1. The lowest BCUT2D eigenvalue weighted by Gasteiger charge is -2.39. The van der Waals surface area contributed by atoms with Crippen LogP contribution in [0.1, 0.15) is 44.7 Å². The minimum Gasteiger partial charge on any atom is -0.350 e. The summed E-state index contributed by atoms with van der Waals surface area (Å²) in [5.41, 5.74) is 2.48. The molecule has 1 unspecified atom stereocenters. The highest BCUT2D eigenvalue weighted by molar-refractivity contribution is 5.87. The lowest BCUT2D eigenvalue weighted by molar-refractivity contribution is -0.132. The molecule has 2 aliphatic heterocycles. The van der Waals surface area contributed by atoms with Crippen LogP contribution in [0.5, 0.6) is 0 Å². The Morgan fingerprint density at radius 2 is 1.95 bits per heavy atom. The fraction of sp³-hybridized carbons (Fsp3) is 0.611. The van der Waals surface area contributed by atoms with Crippen molar-refractivity contribution in [3.05, 3.63) is 35.4 Å². The molecule has 0 aromatic heterocycles. The molecule has 1 aromatic rings. The summed E-state index contributed by atoms with van der Waals surface area (Å²) in [6, 6.07) is 8.47.